The number of hydrogen-bond donors (Lipinski definition) is 2. The Bertz CT molecular complexity index is 1220. The van der Waals surface area contributed by atoms with E-state index in [9.17, 15) is 9.90 Å². The second kappa shape index (κ2) is 7.91. The lowest BCUT2D eigenvalue weighted by molar-refractivity contribution is -0.137. The summed E-state index contributed by atoms with van der Waals surface area (Å²) in [5, 5.41) is 19.4. The highest BCUT2D eigenvalue weighted by molar-refractivity contribution is 7.73. The Kier molecular flexibility index (Phi) is 5.64. The SMILES string of the molecule is Cc1c(C=C=Cc2sc(=S)n(CC(=O)O)c2O)cc2c3c1C(C)(C)CCN3CCC2(C)C. The quantitative estimate of drug-likeness (QED) is 0.432. The van der Waals surface area contributed by atoms with Crippen LogP contribution < -0.4 is 4.90 Å². The number of nitrogens with zero attached hydrogens (tertiary/aromatic N) is 2. The third-order valence-electron chi connectivity index (χ3n) is 6.98. The van der Waals surface area contributed by atoms with Crippen LogP contribution in [0.4, 0.5) is 5.69 Å². The van der Waals surface area contributed by atoms with Crippen LogP contribution in [0.1, 0.15) is 67.7 Å². The number of hydrogen-bond acceptors (Lipinski definition) is 5. The monoisotopic (exact) mass is 470 g/mol. The van der Waals surface area contributed by atoms with Gasteiger partial charge in [0.25, 0.3) is 0 Å². The van der Waals surface area contributed by atoms with Crippen LogP contribution in [0.5, 0.6) is 5.88 Å². The predicted octanol–water partition coefficient (Wildman–Crippen LogP) is 5.87. The van der Waals surface area contributed by atoms with Gasteiger partial charge in [-0.05, 0) is 77.2 Å². The lowest BCUT2D eigenvalue weighted by atomic mass is 9.67. The molecule has 0 saturated heterocycles. The van der Waals surface area contributed by atoms with E-state index in [1.54, 1.807) is 6.08 Å². The van der Waals surface area contributed by atoms with Crippen LogP contribution in [-0.2, 0) is 22.2 Å². The van der Waals surface area contributed by atoms with E-state index >= 15 is 0 Å². The molecule has 4 rings (SSSR count). The van der Waals surface area contributed by atoms with Crippen molar-refractivity contribution < 1.29 is 15.0 Å². The second-order valence-corrected chi connectivity index (χ2v) is 11.8. The highest BCUT2D eigenvalue weighted by atomic mass is 32.1. The topological polar surface area (TPSA) is 65.7 Å². The summed E-state index contributed by atoms with van der Waals surface area (Å²) in [6.45, 7) is 13.4. The molecular formula is C25H30N2O3S2. The number of carboxylic acid groups (broad SMARTS) is 1. The van der Waals surface area contributed by atoms with E-state index in [1.807, 2.05) is 6.08 Å². The van der Waals surface area contributed by atoms with Crippen molar-refractivity contribution in [2.75, 3.05) is 18.0 Å². The van der Waals surface area contributed by atoms with Gasteiger partial charge in [0.2, 0.25) is 5.88 Å². The first kappa shape index (κ1) is 22.8. The summed E-state index contributed by atoms with van der Waals surface area (Å²) in [5.74, 6) is -1.17. The lowest BCUT2D eigenvalue weighted by Gasteiger charge is -2.49. The average Bonchev–Trinajstić information content (AvgIpc) is 2.95. The van der Waals surface area contributed by atoms with E-state index in [2.05, 4.69) is 51.3 Å². The molecule has 3 heterocycles. The van der Waals surface area contributed by atoms with Gasteiger partial charge in [0.05, 0.1) is 4.88 Å². The van der Waals surface area contributed by atoms with Gasteiger partial charge in [-0.3, -0.25) is 9.36 Å². The Morgan fingerprint density at radius 2 is 1.88 bits per heavy atom. The Labute approximate surface area is 198 Å². The van der Waals surface area contributed by atoms with E-state index in [1.165, 1.54) is 38.3 Å². The van der Waals surface area contributed by atoms with Crippen LogP contribution in [0.3, 0.4) is 0 Å². The van der Waals surface area contributed by atoms with E-state index in [-0.39, 0.29) is 23.3 Å². The normalized spacial score (nSPS) is 18.0. The molecule has 0 aliphatic carbocycles. The Morgan fingerprint density at radius 1 is 1.22 bits per heavy atom. The summed E-state index contributed by atoms with van der Waals surface area (Å²) in [7, 11) is 0. The highest BCUT2D eigenvalue weighted by Gasteiger charge is 2.41. The van der Waals surface area contributed by atoms with Crippen LogP contribution in [0.2, 0.25) is 0 Å². The van der Waals surface area contributed by atoms with Crippen molar-refractivity contribution >= 4 is 47.4 Å². The number of rotatable bonds is 4. The summed E-state index contributed by atoms with van der Waals surface area (Å²) in [6, 6.07) is 2.31. The Morgan fingerprint density at radius 3 is 2.53 bits per heavy atom. The van der Waals surface area contributed by atoms with Crippen molar-refractivity contribution in [1.82, 2.24) is 4.57 Å². The van der Waals surface area contributed by atoms with Gasteiger partial charge < -0.3 is 15.1 Å². The maximum Gasteiger partial charge on any atom is 0.323 e. The van der Waals surface area contributed by atoms with Crippen molar-refractivity contribution in [2.24, 2.45) is 0 Å². The number of carbonyl (C=O) groups is 1. The number of thiazole rings is 1. The molecule has 0 fully saturated rings. The molecule has 2 aromatic rings. The molecule has 0 saturated carbocycles. The second-order valence-electron chi connectivity index (χ2n) is 10.1. The van der Waals surface area contributed by atoms with Crippen LogP contribution in [-0.4, -0.2) is 33.8 Å². The summed E-state index contributed by atoms with van der Waals surface area (Å²) in [4.78, 5) is 14.1. The van der Waals surface area contributed by atoms with Crippen molar-refractivity contribution in [1.29, 1.82) is 0 Å². The molecule has 2 N–H and O–H groups in total. The predicted molar refractivity (Wildman–Crippen MR) is 134 cm³/mol. The maximum absolute atomic E-state index is 11.0. The lowest BCUT2D eigenvalue weighted by Crippen LogP contribution is -2.45. The molecular weight excluding hydrogens is 440 g/mol. The van der Waals surface area contributed by atoms with Crippen molar-refractivity contribution in [3.05, 3.63) is 42.9 Å². The van der Waals surface area contributed by atoms with E-state index in [0.29, 0.717) is 8.83 Å². The molecule has 2 aliphatic heterocycles. The first-order valence-electron chi connectivity index (χ1n) is 10.9. The molecule has 2 aliphatic rings. The molecule has 170 valence electrons. The standard InChI is InChI=1S/C25H30N2O3S2/c1-15-16(7-6-8-18-22(30)27(14-19(28)29)23(31)32-18)13-17-21-20(15)25(4,5)10-12-26(21)11-9-24(17,2)3/h7-8,13,30H,9-12,14H2,1-5H3,(H,28,29). The van der Waals surface area contributed by atoms with Gasteiger partial charge in [-0.1, -0.05) is 27.7 Å². The zero-order valence-electron chi connectivity index (χ0n) is 19.3. The zero-order chi connectivity index (χ0) is 23.4. The van der Waals surface area contributed by atoms with Gasteiger partial charge in [-0.15, -0.1) is 17.1 Å². The van der Waals surface area contributed by atoms with Gasteiger partial charge in [0.1, 0.15) is 6.54 Å². The van der Waals surface area contributed by atoms with Gasteiger partial charge in [-0.2, -0.15) is 0 Å². The van der Waals surface area contributed by atoms with Crippen LogP contribution in [0.15, 0.2) is 11.8 Å². The first-order chi connectivity index (χ1) is 14.9. The minimum Gasteiger partial charge on any atom is -0.493 e. The van der Waals surface area contributed by atoms with Crippen molar-refractivity contribution in [2.45, 2.75) is 64.8 Å². The van der Waals surface area contributed by atoms with Crippen molar-refractivity contribution in [3.63, 3.8) is 0 Å². The smallest absolute Gasteiger partial charge is 0.323 e. The Balaban J connectivity index is 1.82. The number of benzene rings is 1. The molecule has 0 unspecified atom stereocenters. The molecule has 32 heavy (non-hydrogen) atoms. The third kappa shape index (κ3) is 3.83. The molecule has 7 heteroatoms. The van der Waals surface area contributed by atoms with E-state index in [0.717, 1.165) is 31.5 Å². The fraction of sp³-hybridized carbons (Fsp3) is 0.480. The molecule has 1 aromatic carbocycles. The minimum atomic E-state index is -1.04. The van der Waals surface area contributed by atoms with Crippen LogP contribution >= 0.6 is 23.6 Å². The highest BCUT2D eigenvalue weighted by Crippen LogP contribution is 2.51. The van der Waals surface area contributed by atoms with Gasteiger partial charge in [-0.25, -0.2) is 0 Å². The maximum atomic E-state index is 11.0. The third-order valence-corrected chi connectivity index (χ3v) is 8.36. The molecule has 0 spiro atoms. The fourth-order valence-corrected chi connectivity index (χ4v) is 6.22. The largest absolute Gasteiger partial charge is 0.493 e. The first-order valence-corrected chi connectivity index (χ1v) is 12.2. The number of anilines is 1. The molecule has 1 aromatic heterocycles. The molecule has 0 amide bonds. The average molecular weight is 471 g/mol. The Hall–Kier alpha value is -2.34. The molecule has 5 nitrogen and oxygen atoms in total. The summed E-state index contributed by atoms with van der Waals surface area (Å²) in [5.41, 5.74) is 10.1. The molecule has 0 bridgehead atoms. The molecule has 0 atom stereocenters. The van der Waals surface area contributed by atoms with Gasteiger partial charge >= 0.3 is 5.97 Å². The van der Waals surface area contributed by atoms with E-state index < -0.39 is 5.97 Å². The minimum absolute atomic E-state index is 0.108. The summed E-state index contributed by atoms with van der Waals surface area (Å²) < 4.78 is 1.56. The fourth-order valence-electron chi connectivity index (χ4n) is 5.03. The molecule has 0 radical (unpaired) electrons. The zero-order valence-corrected chi connectivity index (χ0v) is 20.9. The summed E-state index contributed by atoms with van der Waals surface area (Å²) >= 11 is 6.39. The summed E-state index contributed by atoms with van der Waals surface area (Å²) in [6.07, 6.45) is 5.92. The number of aromatic nitrogens is 1. The van der Waals surface area contributed by atoms with Gasteiger partial charge in [0.15, 0.2) is 3.95 Å². The number of aromatic hydroxyl groups is 1. The van der Waals surface area contributed by atoms with E-state index in [4.69, 9.17) is 17.3 Å². The van der Waals surface area contributed by atoms with Gasteiger partial charge in [0, 0.05) is 24.9 Å². The number of aliphatic carboxylic acids is 1. The van der Waals surface area contributed by atoms with Crippen LogP contribution in [0, 0.1) is 10.9 Å². The van der Waals surface area contributed by atoms with Crippen molar-refractivity contribution in [3.8, 4) is 5.88 Å². The van der Waals surface area contributed by atoms with Crippen LogP contribution in [0.25, 0.3) is 12.2 Å². The number of carboxylic acids is 1.